The quantitative estimate of drug-likeness (QED) is 0.587. The third kappa shape index (κ3) is 6.01. The van der Waals surface area contributed by atoms with Crippen LogP contribution >= 0.6 is 12.2 Å². The molecule has 0 unspecified atom stereocenters. The molecule has 1 heterocycles. The SMILES string of the molecule is C[C@@H](NC(=S)NCC[NH+]1CCOCC1)c1ccc(S(C)(=O)=O)cc1. The molecule has 1 saturated heterocycles. The Labute approximate surface area is 149 Å². The molecule has 0 aromatic heterocycles. The number of benzene rings is 1. The van der Waals surface area contributed by atoms with Crippen LogP contribution in [0.4, 0.5) is 0 Å². The molecule has 0 saturated carbocycles. The molecule has 0 radical (unpaired) electrons. The Bertz CT molecular complexity index is 641. The van der Waals surface area contributed by atoms with Crippen molar-refractivity contribution in [3.05, 3.63) is 29.8 Å². The van der Waals surface area contributed by atoms with E-state index in [1.165, 1.54) is 11.2 Å². The summed E-state index contributed by atoms with van der Waals surface area (Å²) in [5.41, 5.74) is 0.991. The first kappa shape index (κ1) is 19.1. The number of rotatable bonds is 6. The summed E-state index contributed by atoms with van der Waals surface area (Å²) in [6, 6.07) is 6.89. The largest absolute Gasteiger partial charge is 0.370 e. The summed E-state index contributed by atoms with van der Waals surface area (Å²) in [5, 5.41) is 7.07. The summed E-state index contributed by atoms with van der Waals surface area (Å²) >= 11 is 5.33. The predicted molar refractivity (Wildman–Crippen MR) is 98.1 cm³/mol. The van der Waals surface area contributed by atoms with E-state index in [1.807, 2.05) is 19.1 Å². The average molecular weight is 373 g/mol. The molecule has 8 heteroatoms. The number of sulfone groups is 1. The summed E-state index contributed by atoms with van der Waals surface area (Å²) in [6.07, 6.45) is 1.21. The van der Waals surface area contributed by atoms with Crippen molar-refractivity contribution in [2.75, 3.05) is 45.6 Å². The Morgan fingerprint density at radius 3 is 2.50 bits per heavy atom. The Kier molecular flexibility index (Phi) is 6.97. The highest BCUT2D eigenvalue weighted by molar-refractivity contribution is 7.90. The van der Waals surface area contributed by atoms with Gasteiger partial charge < -0.3 is 20.3 Å². The highest BCUT2D eigenvalue weighted by Crippen LogP contribution is 2.16. The third-order valence-corrected chi connectivity index (χ3v) is 5.51. The number of hydrogen-bond donors (Lipinski definition) is 3. The minimum absolute atomic E-state index is 0.00865. The molecule has 134 valence electrons. The van der Waals surface area contributed by atoms with Crippen LogP contribution in [0.15, 0.2) is 29.2 Å². The maximum atomic E-state index is 11.5. The lowest BCUT2D eigenvalue weighted by Gasteiger charge is -2.24. The Hall–Kier alpha value is -1.22. The molecule has 1 aromatic rings. The first-order valence-corrected chi connectivity index (χ1v) is 10.4. The fraction of sp³-hybridized carbons (Fsp3) is 0.562. The summed E-state index contributed by atoms with van der Waals surface area (Å²) in [7, 11) is -3.16. The monoisotopic (exact) mass is 372 g/mol. The van der Waals surface area contributed by atoms with Crippen molar-refractivity contribution < 1.29 is 18.1 Å². The zero-order chi connectivity index (χ0) is 17.6. The average Bonchev–Trinajstić information content (AvgIpc) is 2.55. The smallest absolute Gasteiger partial charge is 0.175 e. The maximum absolute atomic E-state index is 11.5. The summed E-state index contributed by atoms with van der Waals surface area (Å²) in [6.45, 7) is 7.59. The fourth-order valence-electron chi connectivity index (χ4n) is 2.60. The van der Waals surface area contributed by atoms with Crippen LogP contribution < -0.4 is 15.5 Å². The summed E-state index contributed by atoms with van der Waals surface area (Å²) < 4.78 is 28.3. The van der Waals surface area contributed by atoms with Gasteiger partial charge in [0.05, 0.1) is 37.2 Å². The third-order valence-electron chi connectivity index (χ3n) is 4.12. The standard InChI is InChI=1S/C16H25N3O3S2/c1-13(14-3-5-15(6-4-14)24(2,20)21)18-16(23)17-7-8-19-9-11-22-12-10-19/h3-6,13H,7-12H2,1-2H3,(H2,17,18,23)/p+1/t13-/m1/s1. The second-order valence-electron chi connectivity index (χ2n) is 6.08. The zero-order valence-corrected chi connectivity index (χ0v) is 15.8. The van der Waals surface area contributed by atoms with Crippen molar-refractivity contribution >= 4 is 27.2 Å². The van der Waals surface area contributed by atoms with Crippen molar-refractivity contribution in [1.82, 2.24) is 10.6 Å². The van der Waals surface area contributed by atoms with Crippen LogP contribution in [-0.4, -0.2) is 59.2 Å². The predicted octanol–water partition coefficient (Wildman–Crippen LogP) is -0.470. The first-order valence-electron chi connectivity index (χ1n) is 8.12. The lowest BCUT2D eigenvalue weighted by Crippen LogP contribution is -3.14. The van der Waals surface area contributed by atoms with E-state index in [0.29, 0.717) is 10.0 Å². The topological polar surface area (TPSA) is 71.9 Å². The van der Waals surface area contributed by atoms with Crippen molar-refractivity contribution in [2.45, 2.75) is 17.9 Å². The molecular formula is C16H26N3O3S2+. The lowest BCUT2D eigenvalue weighted by molar-refractivity contribution is -0.906. The second-order valence-corrected chi connectivity index (χ2v) is 8.50. The van der Waals surface area contributed by atoms with Gasteiger partial charge in [-0.25, -0.2) is 8.42 Å². The normalized spacial score (nSPS) is 17.2. The number of nitrogens with one attached hydrogen (secondary N) is 3. The summed E-state index contributed by atoms with van der Waals surface area (Å²) in [4.78, 5) is 1.86. The van der Waals surface area contributed by atoms with Gasteiger partial charge >= 0.3 is 0 Å². The van der Waals surface area contributed by atoms with E-state index in [-0.39, 0.29) is 6.04 Å². The van der Waals surface area contributed by atoms with E-state index < -0.39 is 9.84 Å². The van der Waals surface area contributed by atoms with Crippen LogP contribution in [0.1, 0.15) is 18.5 Å². The molecule has 6 nitrogen and oxygen atoms in total. The highest BCUT2D eigenvalue weighted by atomic mass is 32.2. The molecule has 1 aromatic carbocycles. The highest BCUT2D eigenvalue weighted by Gasteiger charge is 2.14. The van der Waals surface area contributed by atoms with Crippen molar-refractivity contribution in [1.29, 1.82) is 0 Å². The number of hydrogen-bond acceptors (Lipinski definition) is 4. The van der Waals surface area contributed by atoms with Gasteiger partial charge in [0.1, 0.15) is 13.1 Å². The van der Waals surface area contributed by atoms with Gasteiger partial charge in [-0.3, -0.25) is 0 Å². The van der Waals surface area contributed by atoms with Crippen LogP contribution in [0.3, 0.4) is 0 Å². The number of morpholine rings is 1. The molecule has 2 rings (SSSR count). The van der Waals surface area contributed by atoms with Gasteiger partial charge in [-0.2, -0.15) is 0 Å². The molecule has 1 fully saturated rings. The summed E-state index contributed by atoms with van der Waals surface area (Å²) in [5.74, 6) is 0. The minimum atomic E-state index is -3.16. The van der Waals surface area contributed by atoms with Gasteiger partial charge in [-0.05, 0) is 36.8 Å². The van der Waals surface area contributed by atoms with Gasteiger partial charge in [0.2, 0.25) is 0 Å². The van der Waals surface area contributed by atoms with Crippen molar-refractivity contribution in [3.8, 4) is 0 Å². The van der Waals surface area contributed by atoms with Crippen molar-refractivity contribution in [3.63, 3.8) is 0 Å². The number of ether oxygens (including phenoxy) is 1. The van der Waals surface area contributed by atoms with E-state index in [4.69, 9.17) is 17.0 Å². The lowest BCUT2D eigenvalue weighted by atomic mass is 10.1. The number of thiocarbonyl (C=S) groups is 1. The van der Waals surface area contributed by atoms with Gasteiger partial charge in [-0.1, -0.05) is 12.1 Å². The molecule has 3 N–H and O–H groups in total. The van der Waals surface area contributed by atoms with Gasteiger partial charge in [0, 0.05) is 6.26 Å². The minimum Gasteiger partial charge on any atom is -0.370 e. The van der Waals surface area contributed by atoms with Crippen LogP contribution in [-0.2, 0) is 14.6 Å². The Balaban J connectivity index is 1.76. The van der Waals surface area contributed by atoms with Crippen molar-refractivity contribution in [2.24, 2.45) is 0 Å². The second kappa shape index (κ2) is 8.75. The van der Waals surface area contributed by atoms with E-state index in [2.05, 4.69) is 10.6 Å². The molecule has 0 aliphatic carbocycles. The van der Waals surface area contributed by atoms with Gasteiger partial charge in [-0.15, -0.1) is 0 Å². The van der Waals surface area contributed by atoms with E-state index in [9.17, 15) is 8.42 Å². The molecule has 0 amide bonds. The fourth-order valence-corrected chi connectivity index (χ4v) is 3.51. The Morgan fingerprint density at radius 2 is 1.92 bits per heavy atom. The molecule has 24 heavy (non-hydrogen) atoms. The number of quaternary nitrogens is 1. The van der Waals surface area contributed by atoms with E-state index in [1.54, 1.807) is 12.1 Å². The molecule has 1 atom stereocenters. The zero-order valence-electron chi connectivity index (χ0n) is 14.2. The Morgan fingerprint density at radius 1 is 1.29 bits per heavy atom. The van der Waals surface area contributed by atoms with Crippen LogP contribution in [0, 0.1) is 0 Å². The van der Waals surface area contributed by atoms with Gasteiger partial charge in [0.15, 0.2) is 14.9 Å². The van der Waals surface area contributed by atoms with E-state index >= 15 is 0 Å². The molecule has 0 spiro atoms. The molecular weight excluding hydrogens is 346 g/mol. The van der Waals surface area contributed by atoms with Crippen LogP contribution in [0.5, 0.6) is 0 Å². The maximum Gasteiger partial charge on any atom is 0.175 e. The van der Waals surface area contributed by atoms with Crippen LogP contribution in [0.2, 0.25) is 0 Å². The molecule has 1 aliphatic rings. The molecule has 0 bridgehead atoms. The molecule has 1 aliphatic heterocycles. The first-order chi connectivity index (χ1) is 11.4. The van der Waals surface area contributed by atoms with Crippen LogP contribution in [0.25, 0.3) is 0 Å². The van der Waals surface area contributed by atoms with Gasteiger partial charge in [0.25, 0.3) is 0 Å². The van der Waals surface area contributed by atoms with E-state index in [0.717, 1.165) is 45.0 Å².